The molecule has 1 aliphatic carbocycles. The first-order valence-corrected chi connectivity index (χ1v) is 7.30. The van der Waals surface area contributed by atoms with Gasteiger partial charge in [-0.1, -0.05) is 12.1 Å². The van der Waals surface area contributed by atoms with Crippen molar-refractivity contribution in [2.45, 2.75) is 25.3 Å². The quantitative estimate of drug-likeness (QED) is 0.888. The van der Waals surface area contributed by atoms with E-state index in [1.54, 1.807) is 30.5 Å². The summed E-state index contributed by atoms with van der Waals surface area (Å²) in [6.45, 7) is 0. The number of hydrogen-bond acceptors (Lipinski definition) is 3. The van der Waals surface area contributed by atoms with Crippen molar-refractivity contribution in [1.82, 2.24) is 10.3 Å². The lowest BCUT2D eigenvalue weighted by Crippen LogP contribution is -2.26. The zero-order valence-corrected chi connectivity index (χ0v) is 12.1. The van der Waals surface area contributed by atoms with Crippen LogP contribution in [0.15, 0.2) is 48.8 Å². The van der Waals surface area contributed by atoms with E-state index in [9.17, 15) is 9.59 Å². The highest BCUT2D eigenvalue weighted by atomic mass is 16.2. The normalized spacial score (nSPS) is 13.5. The summed E-state index contributed by atoms with van der Waals surface area (Å²) in [7, 11) is 0. The molecule has 1 aromatic carbocycles. The first kappa shape index (κ1) is 14.3. The van der Waals surface area contributed by atoms with Crippen molar-refractivity contribution >= 4 is 17.5 Å². The highest BCUT2D eigenvalue weighted by Gasteiger charge is 2.22. The zero-order valence-electron chi connectivity index (χ0n) is 12.1. The average molecular weight is 295 g/mol. The molecule has 112 valence electrons. The second kappa shape index (κ2) is 6.39. The third kappa shape index (κ3) is 3.91. The third-order valence-corrected chi connectivity index (χ3v) is 3.44. The van der Waals surface area contributed by atoms with Crippen molar-refractivity contribution in [3.05, 3.63) is 59.9 Å². The lowest BCUT2D eigenvalue weighted by Gasteiger charge is -2.07. The van der Waals surface area contributed by atoms with E-state index in [4.69, 9.17) is 0 Å². The molecule has 1 fully saturated rings. The average Bonchev–Trinajstić information content (AvgIpc) is 3.34. The molecule has 0 unspecified atom stereocenters. The maximum absolute atomic E-state index is 12.0. The molecule has 2 aromatic rings. The molecule has 0 bridgehead atoms. The summed E-state index contributed by atoms with van der Waals surface area (Å²) < 4.78 is 0. The second-order valence-corrected chi connectivity index (χ2v) is 5.41. The van der Waals surface area contributed by atoms with Gasteiger partial charge in [-0.2, -0.15) is 0 Å². The molecule has 3 rings (SSSR count). The number of aromatic nitrogens is 1. The smallest absolute Gasteiger partial charge is 0.257 e. The van der Waals surface area contributed by atoms with Crippen LogP contribution in [0.4, 0.5) is 5.69 Å². The van der Waals surface area contributed by atoms with Gasteiger partial charge in [0.2, 0.25) is 5.91 Å². The molecule has 1 heterocycles. The van der Waals surface area contributed by atoms with E-state index in [2.05, 4.69) is 15.6 Å². The van der Waals surface area contributed by atoms with Crippen LogP contribution >= 0.6 is 0 Å². The first-order chi connectivity index (χ1) is 10.7. The summed E-state index contributed by atoms with van der Waals surface area (Å²) in [6.07, 6.45) is 5.69. The van der Waals surface area contributed by atoms with Crippen molar-refractivity contribution in [2.24, 2.45) is 0 Å². The van der Waals surface area contributed by atoms with Gasteiger partial charge in [0, 0.05) is 24.1 Å². The molecule has 1 aromatic heterocycles. The highest BCUT2D eigenvalue weighted by molar-refractivity contribution is 6.04. The minimum Gasteiger partial charge on any atom is -0.353 e. The van der Waals surface area contributed by atoms with Crippen molar-refractivity contribution in [2.75, 3.05) is 5.32 Å². The number of hydrogen-bond donors (Lipinski definition) is 2. The van der Waals surface area contributed by atoms with Gasteiger partial charge in [-0.25, -0.2) is 0 Å². The summed E-state index contributed by atoms with van der Waals surface area (Å²) in [5, 5.41) is 5.76. The maximum Gasteiger partial charge on any atom is 0.257 e. The number of anilines is 1. The zero-order chi connectivity index (χ0) is 15.4. The largest absolute Gasteiger partial charge is 0.353 e. The molecule has 2 N–H and O–H groups in total. The van der Waals surface area contributed by atoms with Gasteiger partial charge >= 0.3 is 0 Å². The molecular formula is C17H17N3O2. The number of pyridine rings is 1. The number of rotatable bonds is 5. The Morgan fingerprint density at radius 2 is 1.91 bits per heavy atom. The van der Waals surface area contributed by atoms with Crippen LogP contribution in [0, 0.1) is 0 Å². The van der Waals surface area contributed by atoms with Crippen LogP contribution in [0.1, 0.15) is 28.8 Å². The molecule has 1 saturated carbocycles. The van der Waals surface area contributed by atoms with Crippen molar-refractivity contribution in [1.29, 1.82) is 0 Å². The SMILES string of the molecule is O=C(Cc1ccc(NC(=O)c2cccnc2)cc1)NC1CC1. The van der Waals surface area contributed by atoms with Crippen LogP contribution in [0.5, 0.6) is 0 Å². The molecule has 0 aliphatic heterocycles. The summed E-state index contributed by atoms with van der Waals surface area (Å²) in [5.74, 6) is -0.151. The maximum atomic E-state index is 12.0. The van der Waals surface area contributed by atoms with Gasteiger partial charge in [-0.05, 0) is 42.7 Å². The number of carbonyl (C=O) groups is 2. The van der Waals surface area contributed by atoms with E-state index >= 15 is 0 Å². The van der Waals surface area contributed by atoms with Crippen LogP contribution in [0.25, 0.3) is 0 Å². The number of amides is 2. The lowest BCUT2D eigenvalue weighted by molar-refractivity contribution is -0.120. The van der Waals surface area contributed by atoms with Gasteiger partial charge in [-0.15, -0.1) is 0 Å². The predicted molar refractivity (Wildman–Crippen MR) is 83.5 cm³/mol. The van der Waals surface area contributed by atoms with E-state index in [1.165, 1.54) is 6.20 Å². The molecule has 0 radical (unpaired) electrons. The van der Waals surface area contributed by atoms with Crippen LogP contribution in [0.3, 0.4) is 0 Å². The minimum atomic E-state index is -0.202. The Hall–Kier alpha value is -2.69. The first-order valence-electron chi connectivity index (χ1n) is 7.30. The van der Waals surface area contributed by atoms with E-state index in [0.29, 0.717) is 23.7 Å². The Labute approximate surface area is 128 Å². The lowest BCUT2D eigenvalue weighted by atomic mass is 10.1. The van der Waals surface area contributed by atoms with Gasteiger partial charge in [0.1, 0.15) is 0 Å². The molecule has 1 aliphatic rings. The van der Waals surface area contributed by atoms with Crippen LogP contribution in [0.2, 0.25) is 0 Å². The number of nitrogens with zero attached hydrogens (tertiary/aromatic N) is 1. The highest BCUT2D eigenvalue weighted by Crippen LogP contribution is 2.19. The van der Waals surface area contributed by atoms with Gasteiger partial charge in [-0.3, -0.25) is 14.6 Å². The van der Waals surface area contributed by atoms with Crippen molar-refractivity contribution in [3.8, 4) is 0 Å². The molecular weight excluding hydrogens is 278 g/mol. The Bertz CT molecular complexity index is 664. The van der Waals surface area contributed by atoms with Crippen molar-refractivity contribution < 1.29 is 9.59 Å². The fourth-order valence-corrected chi connectivity index (χ4v) is 2.10. The Kier molecular flexibility index (Phi) is 4.14. The van der Waals surface area contributed by atoms with Gasteiger partial charge < -0.3 is 10.6 Å². The van der Waals surface area contributed by atoms with Crippen LogP contribution < -0.4 is 10.6 Å². The fourth-order valence-electron chi connectivity index (χ4n) is 2.10. The topological polar surface area (TPSA) is 71.1 Å². The summed E-state index contributed by atoms with van der Waals surface area (Å²) in [6, 6.07) is 11.1. The molecule has 2 amide bonds. The monoisotopic (exact) mass is 295 g/mol. The number of benzene rings is 1. The predicted octanol–water partition coefficient (Wildman–Crippen LogP) is 2.16. The van der Waals surface area contributed by atoms with Crippen molar-refractivity contribution in [3.63, 3.8) is 0 Å². The van der Waals surface area contributed by atoms with E-state index < -0.39 is 0 Å². The Balaban J connectivity index is 1.56. The fraction of sp³-hybridized carbons (Fsp3) is 0.235. The summed E-state index contributed by atoms with van der Waals surface area (Å²) >= 11 is 0. The molecule has 5 nitrogen and oxygen atoms in total. The number of carbonyl (C=O) groups excluding carboxylic acids is 2. The Morgan fingerprint density at radius 3 is 2.55 bits per heavy atom. The molecule has 0 spiro atoms. The third-order valence-electron chi connectivity index (χ3n) is 3.44. The molecule has 0 saturated heterocycles. The van der Waals surface area contributed by atoms with Gasteiger partial charge in [0.15, 0.2) is 0 Å². The molecule has 5 heteroatoms. The Morgan fingerprint density at radius 1 is 1.14 bits per heavy atom. The van der Waals surface area contributed by atoms with E-state index in [0.717, 1.165) is 18.4 Å². The number of nitrogens with one attached hydrogen (secondary N) is 2. The van der Waals surface area contributed by atoms with Crippen LogP contribution in [-0.4, -0.2) is 22.8 Å². The van der Waals surface area contributed by atoms with E-state index in [1.807, 2.05) is 12.1 Å². The van der Waals surface area contributed by atoms with Gasteiger partial charge in [0.25, 0.3) is 5.91 Å². The van der Waals surface area contributed by atoms with Gasteiger partial charge in [0.05, 0.1) is 12.0 Å². The molecule has 0 atom stereocenters. The van der Waals surface area contributed by atoms with E-state index in [-0.39, 0.29) is 11.8 Å². The molecule has 22 heavy (non-hydrogen) atoms. The standard InChI is InChI=1S/C17H17N3O2/c21-16(19-14-7-8-14)10-12-3-5-15(6-4-12)20-17(22)13-2-1-9-18-11-13/h1-6,9,11,14H,7-8,10H2,(H,19,21)(H,20,22). The summed E-state index contributed by atoms with van der Waals surface area (Å²) in [5.41, 5.74) is 2.13. The van der Waals surface area contributed by atoms with Crippen LogP contribution in [-0.2, 0) is 11.2 Å². The second-order valence-electron chi connectivity index (χ2n) is 5.41. The minimum absolute atomic E-state index is 0.0506. The summed E-state index contributed by atoms with van der Waals surface area (Å²) in [4.78, 5) is 27.6.